The van der Waals surface area contributed by atoms with Gasteiger partial charge in [-0.1, -0.05) is 23.4 Å². The van der Waals surface area contributed by atoms with E-state index in [1.807, 2.05) is 83.7 Å². The SMILES string of the molecule is Cc1cc(N2[CH]C(n3nc(-c4ccc(Oc5ccccc5)cc4)c4c(N)ncnc43)C2)on1. The van der Waals surface area contributed by atoms with Crippen molar-refractivity contribution in [3.05, 3.63) is 79.2 Å². The number of nitrogen functional groups attached to an aromatic ring is 1. The molecule has 1 aliphatic rings. The van der Waals surface area contributed by atoms with Crippen LogP contribution in [0.4, 0.5) is 11.7 Å². The van der Waals surface area contributed by atoms with Crippen molar-refractivity contribution in [2.45, 2.75) is 13.0 Å². The number of hydrogen-bond acceptors (Lipinski definition) is 8. The lowest BCUT2D eigenvalue weighted by Crippen LogP contribution is -2.43. The fourth-order valence-electron chi connectivity index (χ4n) is 3.90. The predicted octanol–water partition coefficient (Wildman–Crippen LogP) is 4.39. The van der Waals surface area contributed by atoms with E-state index in [9.17, 15) is 0 Å². The smallest absolute Gasteiger partial charge is 0.227 e. The van der Waals surface area contributed by atoms with Crippen molar-refractivity contribution in [1.29, 1.82) is 0 Å². The van der Waals surface area contributed by atoms with E-state index in [1.165, 1.54) is 6.33 Å². The molecule has 3 aromatic heterocycles. The molecule has 9 heteroatoms. The predicted molar refractivity (Wildman–Crippen MR) is 124 cm³/mol. The summed E-state index contributed by atoms with van der Waals surface area (Å²) < 4.78 is 13.1. The molecule has 1 radical (unpaired) electrons. The van der Waals surface area contributed by atoms with Crippen molar-refractivity contribution in [2.75, 3.05) is 17.2 Å². The molecule has 163 valence electrons. The fourth-order valence-corrected chi connectivity index (χ4v) is 3.90. The van der Waals surface area contributed by atoms with Crippen LogP contribution >= 0.6 is 0 Å². The van der Waals surface area contributed by atoms with E-state index in [0.717, 1.165) is 33.8 Å². The van der Waals surface area contributed by atoms with E-state index in [1.54, 1.807) is 0 Å². The number of nitrogens with two attached hydrogens (primary N) is 1. The monoisotopic (exact) mass is 438 g/mol. The highest BCUT2D eigenvalue weighted by Crippen LogP contribution is 2.37. The number of aryl methyl sites for hydroxylation is 1. The molecule has 2 N–H and O–H groups in total. The molecule has 2 aromatic carbocycles. The van der Waals surface area contributed by atoms with Gasteiger partial charge in [-0.05, 0) is 43.3 Å². The Morgan fingerprint density at radius 1 is 1.03 bits per heavy atom. The number of aromatic nitrogens is 5. The van der Waals surface area contributed by atoms with Gasteiger partial charge in [0.05, 0.1) is 23.7 Å². The molecule has 1 atom stereocenters. The zero-order valence-corrected chi connectivity index (χ0v) is 17.8. The lowest BCUT2D eigenvalue weighted by molar-refractivity contribution is 0.370. The molecule has 5 aromatic rings. The third-order valence-electron chi connectivity index (χ3n) is 5.57. The van der Waals surface area contributed by atoms with Crippen molar-refractivity contribution in [3.63, 3.8) is 0 Å². The Labute approximate surface area is 189 Å². The molecule has 1 fully saturated rings. The quantitative estimate of drug-likeness (QED) is 0.430. The minimum absolute atomic E-state index is 0.0154. The topological polar surface area (TPSA) is 108 Å². The standard InChI is InChI=1S/C24H20N7O2/c1-15-11-20(33-29-15)30-12-17(13-30)31-24-21(23(25)26-14-27-24)22(28-31)16-7-9-19(10-8-16)32-18-5-3-2-4-6-18/h2-12,14,17H,13H2,1H3,(H2,25,26,27). The first kappa shape index (κ1) is 19.3. The summed E-state index contributed by atoms with van der Waals surface area (Å²) in [6.07, 6.45) is 1.46. The molecule has 1 saturated heterocycles. The number of fused-ring (bicyclic) bond motifs is 1. The maximum Gasteiger partial charge on any atom is 0.227 e. The van der Waals surface area contributed by atoms with Gasteiger partial charge in [-0.2, -0.15) is 5.10 Å². The number of nitrogens with zero attached hydrogens (tertiary/aromatic N) is 6. The van der Waals surface area contributed by atoms with Gasteiger partial charge in [-0.3, -0.25) is 0 Å². The molecule has 1 unspecified atom stereocenters. The molecular weight excluding hydrogens is 418 g/mol. The first-order valence-electron chi connectivity index (χ1n) is 10.5. The van der Waals surface area contributed by atoms with Crippen molar-refractivity contribution in [3.8, 4) is 22.8 Å². The minimum atomic E-state index is 0.0154. The van der Waals surface area contributed by atoms with Crippen LogP contribution in [0.1, 0.15) is 11.7 Å². The van der Waals surface area contributed by atoms with Crippen LogP contribution in [0.25, 0.3) is 22.3 Å². The lowest BCUT2D eigenvalue weighted by atomic mass is 10.1. The average molecular weight is 438 g/mol. The van der Waals surface area contributed by atoms with E-state index >= 15 is 0 Å². The van der Waals surface area contributed by atoms with Crippen LogP contribution < -0.4 is 15.4 Å². The van der Waals surface area contributed by atoms with Crippen molar-refractivity contribution >= 4 is 22.7 Å². The summed E-state index contributed by atoms with van der Waals surface area (Å²) in [6, 6.07) is 19.3. The zero-order valence-electron chi connectivity index (χ0n) is 17.8. The summed E-state index contributed by atoms with van der Waals surface area (Å²) in [5.74, 6) is 2.63. The molecule has 0 saturated carbocycles. The Bertz CT molecular complexity index is 1420. The summed E-state index contributed by atoms with van der Waals surface area (Å²) in [5, 5.41) is 9.56. The second kappa shape index (κ2) is 7.63. The number of anilines is 2. The summed E-state index contributed by atoms with van der Waals surface area (Å²) in [7, 11) is 0. The summed E-state index contributed by atoms with van der Waals surface area (Å²) in [6.45, 7) is 4.62. The van der Waals surface area contributed by atoms with Crippen molar-refractivity contribution in [2.24, 2.45) is 0 Å². The fraction of sp³-hybridized carbons (Fsp3) is 0.125. The maximum absolute atomic E-state index is 6.25. The molecule has 9 nitrogen and oxygen atoms in total. The first-order valence-corrected chi connectivity index (χ1v) is 10.5. The molecule has 1 aliphatic heterocycles. The number of benzene rings is 2. The number of ether oxygens (including phenoxy) is 1. The van der Waals surface area contributed by atoms with Crippen LogP contribution in [0.3, 0.4) is 0 Å². The van der Waals surface area contributed by atoms with Crippen LogP contribution in [0.5, 0.6) is 11.5 Å². The third kappa shape index (κ3) is 3.43. The molecule has 4 heterocycles. The molecule has 0 spiro atoms. The molecular formula is C24H20N7O2. The van der Waals surface area contributed by atoms with Crippen molar-refractivity contribution in [1.82, 2.24) is 24.9 Å². The van der Waals surface area contributed by atoms with E-state index < -0.39 is 0 Å². The van der Waals surface area contributed by atoms with Crippen LogP contribution in [0, 0.1) is 13.5 Å². The molecule has 0 amide bonds. The van der Waals surface area contributed by atoms with Gasteiger partial charge in [-0.15, -0.1) is 0 Å². The minimum Gasteiger partial charge on any atom is -0.457 e. The van der Waals surface area contributed by atoms with E-state index in [4.69, 9.17) is 20.1 Å². The Morgan fingerprint density at radius 2 is 1.79 bits per heavy atom. The molecule has 33 heavy (non-hydrogen) atoms. The normalized spacial score (nSPS) is 13.9. The van der Waals surface area contributed by atoms with Gasteiger partial charge in [-0.25, -0.2) is 14.6 Å². The van der Waals surface area contributed by atoms with Gasteiger partial charge in [0, 0.05) is 18.2 Å². The van der Waals surface area contributed by atoms with E-state index in [-0.39, 0.29) is 6.04 Å². The second-order valence-electron chi connectivity index (χ2n) is 7.87. The number of para-hydroxylation sites is 1. The number of hydrogen-bond donors (Lipinski definition) is 1. The largest absolute Gasteiger partial charge is 0.457 e. The van der Waals surface area contributed by atoms with Crippen LogP contribution in [-0.2, 0) is 0 Å². The maximum atomic E-state index is 6.25. The van der Waals surface area contributed by atoms with Crippen LogP contribution in [-0.4, -0.2) is 31.4 Å². The third-order valence-corrected chi connectivity index (χ3v) is 5.57. The van der Waals surface area contributed by atoms with Crippen molar-refractivity contribution < 1.29 is 9.26 Å². The van der Waals surface area contributed by atoms with Gasteiger partial charge in [0.25, 0.3) is 0 Å². The lowest BCUT2D eigenvalue weighted by Gasteiger charge is -2.37. The highest BCUT2D eigenvalue weighted by atomic mass is 16.5. The van der Waals surface area contributed by atoms with Gasteiger partial charge >= 0.3 is 0 Å². The molecule has 0 aliphatic carbocycles. The molecule has 6 rings (SSSR count). The zero-order chi connectivity index (χ0) is 22.4. The average Bonchev–Trinajstić information content (AvgIpc) is 3.39. The summed E-state index contributed by atoms with van der Waals surface area (Å²) in [5.41, 5.74) is 9.42. The number of rotatable bonds is 5. The second-order valence-corrected chi connectivity index (χ2v) is 7.87. The van der Waals surface area contributed by atoms with Gasteiger partial charge in [0.1, 0.15) is 29.3 Å². The Balaban J connectivity index is 1.31. The van der Waals surface area contributed by atoms with Gasteiger partial charge in [0.15, 0.2) is 5.65 Å². The summed E-state index contributed by atoms with van der Waals surface area (Å²) >= 11 is 0. The highest BCUT2D eigenvalue weighted by Gasteiger charge is 2.34. The van der Waals surface area contributed by atoms with Gasteiger partial charge in [0.2, 0.25) is 5.88 Å². The van der Waals surface area contributed by atoms with Crippen LogP contribution in [0.15, 0.2) is 71.5 Å². The van der Waals surface area contributed by atoms with Gasteiger partial charge < -0.3 is 19.9 Å². The van der Waals surface area contributed by atoms with Crippen LogP contribution in [0.2, 0.25) is 0 Å². The Hall–Kier alpha value is -4.40. The Kier molecular flexibility index (Phi) is 4.46. The Morgan fingerprint density at radius 3 is 2.52 bits per heavy atom. The first-order chi connectivity index (χ1) is 16.2. The van der Waals surface area contributed by atoms with E-state index in [2.05, 4.69) is 15.1 Å². The summed E-state index contributed by atoms with van der Waals surface area (Å²) in [4.78, 5) is 10.7. The van der Waals surface area contributed by atoms with E-state index in [0.29, 0.717) is 23.9 Å². The molecule has 0 bridgehead atoms. The highest BCUT2D eigenvalue weighted by molar-refractivity contribution is 5.98.